The number of piperazine rings is 1. The summed E-state index contributed by atoms with van der Waals surface area (Å²) >= 11 is 0. The molecule has 164 valence electrons. The molecule has 1 aliphatic heterocycles. The van der Waals surface area contributed by atoms with Crippen LogP contribution in [0.1, 0.15) is 57.1 Å². The third-order valence-corrected chi connectivity index (χ3v) is 6.63. The smallest absolute Gasteiger partial charge is 0.214 e. The molecule has 0 unspecified atom stereocenters. The van der Waals surface area contributed by atoms with Crippen LogP contribution in [0.3, 0.4) is 0 Å². The summed E-state index contributed by atoms with van der Waals surface area (Å²) in [5.74, 6) is 1.24. The van der Waals surface area contributed by atoms with Crippen molar-refractivity contribution in [3.05, 3.63) is 36.0 Å². The lowest BCUT2D eigenvalue weighted by Crippen LogP contribution is -2.47. The molecule has 0 spiro atoms. The van der Waals surface area contributed by atoms with Crippen molar-refractivity contribution in [2.24, 2.45) is 5.92 Å². The summed E-state index contributed by atoms with van der Waals surface area (Å²) in [6, 6.07) is 5.02. The first-order chi connectivity index (χ1) is 14.8. The van der Waals surface area contributed by atoms with Gasteiger partial charge < -0.3 is 4.90 Å². The van der Waals surface area contributed by atoms with Crippen molar-refractivity contribution in [1.29, 1.82) is 0 Å². The van der Waals surface area contributed by atoms with Gasteiger partial charge >= 0.3 is 0 Å². The van der Waals surface area contributed by atoms with E-state index in [2.05, 4.69) is 31.3 Å². The molecule has 7 heteroatoms. The van der Waals surface area contributed by atoms with Gasteiger partial charge in [0.15, 0.2) is 0 Å². The summed E-state index contributed by atoms with van der Waals surface area (Å²) in [6.45, 7) is 5.96. The third kappa shape index (κ3) is 6.24. The molecule has 30 heavy (non-hydrogen) atoms. The van der Waals surface area contributed by atoms with Gasteiger partial charge in [0.1, 0.15) is 5.82 Å². The Balaban J connectivity index is 1.10. The molecule has 2 aromatic heterocycles. The number of halogens is 1. The second kappa shape index (κ2) is 10.8. The summed E-state index contributed by atoms with van der Waals surface area (Å²) in [6.07, 6.45) is 13.8. The number of pyridine rings is 1. The normalized spacial score (nSPS) is 18.8. The quantitative estimate of drug-likeness (QED) is 0.460. The fourth-order valence-corrected chi connectivity index (χ4v) is 4.77. The molecule has 0 bridgehead atoms. The molecule has 1 saturated heterocycles. The molecule has 2 aliphatic rings. The molecule has 0 radical (unpaired) electrons. The van der Waals surface area contributed by atoms with Gasteiger partial charge in [0.25, 0.3) is 0 Å². The molecule has 2 fully saturated rings. The van der Waals surface area contributed by atoms with Crippen molar-refractivity contribution in [2.45, 2.75) is 64.3 Å². The Morgan fingerprint density at radius 2 is 1.80 bits per heavy atom. The summed E-state index contributed by atoms with van der Waals surface area (Å²) in [5, 5.41) is 8.70. The number of hydrogen-bond acceptors (Lipinski definition) is 5. The number of rotatable bonds is 9. The number of aromatic nitrogens is 4. The van der Waals surface area contributed by atoms with Gasteiger partial charge in [-0.15, -0.1) is 5.10 Å². The van der Waals surface area contributed by atoms with Crippen molar-refractivity contribution in [2.75, 3.05) is 37.6 Å². The first-order valence-corrected chi connectivity index (χ1v) is 11.7. The Labute approximate surface area is 179 Å². The van der Waals surface area contributed by atoms with E-state index in [1.807, 2.05) is 10.7 Å². The highest BCUT2D eigenvalue weighted by atomic mass is 19.1. The van der Waals surface area contributed by atoms with E-state index in [-0.39, 0.29) is 0 Å². The van der Waals surface area contributed by atoms with Gasteiger partial charge in [-0.2, -0.15) is 4.39 Å². The largest absolute Gasteiger partial charge is 0.354 e. The maximum atomic E-state index is 13.3. The monoisotopic (exact) mass is 414 g/mol. The summed E-state index contributed by atoms with van der Waals surface area (Å²) < 4.78 is 15.4. The molecular formula is C23H35FN6. The molecule has 0 N–H and O–H groups in total. The molecule has 0 aromatic carbocycles. The van der Waals surface area contributed by atoms with Crippen LogP contribution in [0, 0.1) is 11.9 Å². The highest BCUT2D eigenvalue weighted by molar-refractivity contribution is 5.38. The van der Waals surface area contributed by atoms with E-state index in [1.54, 1.807) is 6.07 Å². The Morgan fingerprint density at radius 3 is 2.60 bits per heavy atom. The molecule has 0 amide bonds. The van der Waals surface area contributed by atoms with Crippen LogP contribution in [0.5, 0.6) is 0 Å². The minimum Gasteiger partial charge on any atom is -0.354 e. The Hall–Kier alpha value is -2.02. The second-order valence-electron chi connectivity index (χ2n) is 8.87. The van der Waals surface area contributed by atoms with Crippen LogP contribution in [0.15, 0.2) is 24.4 Å². The Bertz CT molecular complexity index is 765. The van der Waals surface area contributed by atoms with Gasteiger partial charge in [-0.3, -0.25) is 9.58 Å². The highest BCUT2D eigenvalue weighted by Crippen LogP contribution is 2.26. The molecule has 1 saturated carbocycles. The number of nitrogens with zero attached hydrogens (tertiary/aromatic N) is 6. The van der Waals surface area contributed by atoms with E-state index in [4.69, 9.17) is 0 Å². The molecule has 2 aromatic rings. The maximum Gasteiger partial charge on any atom is 0.214 e. The van der Waals surface area contributed by atoms with Crippen molar-refractivity contribution >= 4 is 5.82 Å². The van der Waals surface area contributed by atoms with Crippen LogP contribution < -0.4 is 4.90 Å². The van der Waals surface area contributed by atoms with Gasteiger partial charge in [0.2, 0.25) is 5.95 Å². The molecule has 4 rings (SSSR count). The lowest BCUT2D eigenvalue weighted by molar-refractivity contribution is 0.252. The highest BCUT2D eigenvalue weighted by Gasteiger charge is 2.18. The minimum atomic E-state index is -0.402. The molecule has 6 nitrogen and oxygen atoms in total. The van der Waals surface area contributed by atoms with Crippen molar-refractivity contribution < 1.29 is 4.39 Å². The SMILES string of the molecule is Fc1cccc(N2CCN(CCCCc3cn(CCC4CCCCC4)nn3)CC2)n1. The summed E-state index contributed by atoms with van der Waals surface area (Å²) in [7, 11) is 0. The maximum absolute atomic E-state index is 13.3. The fraction of sp³-hybridized carbons (Fsp3) is 0.696. The fourth-order valence-electron chi connectivity index (χ4n) is 4.77. The predicted molar refractivity (Wildman–Crippen MR) is 117 cm³/mol. The van der Waals surface area contributed by atoms with Crippen LogP contribution >= 0.6 is 0 Å². The predicted octanol–water partition coefficient (Wildman–Crippen LogP) is 3.93. The molecule has 3 heterocycles. The average molecular weight is 415 g/mol. The number of hydrogen-bond donors (Lipinski definition) is 0. The van der Waals surface area contributed by atoms with Gasteiger partial charge in [0.05, 0.1) is 5.69 Å². The van der Waals surface area contributed by atoms with Crippen LogP contribution in [0.2, 0.25) is 0 Å². The van der Waals surface area contributed by atoms with Crippen molar-refractivity contribution in [1.82, 2.24) is 24.9 Å². The van der Waals surface area contributed by atoms with Crippen LogP contribution in [-0.4, -0.2) is 57.6 Å². The lowest BCUT2D eigenvalue weighted by atomic mass is 9.87. The Morgan fingerprint density at radius 1 is 0.967 bits per heavy atom. The topological polar surface area (TPSA) is 50.1 Å². The van der Waals surface area contributed by atoms with Gasteiger partial charge in [-0.25, -0.2) is 4.98 Å². The first-order valence-electron chi connectivity index (χ1n) is 11.7. The summed E-state index contributed by atoms with van der Waals surface area (Å²) in [4.78, 5) is 8.67. The van der Waals surface area contributed by atoms with Crippen LogP contribution in [0.25, 0.3) is 0 Å². The third-order valence-electron chi connectivity index (χ3n) is 6.63. The van der Waals surface area contributed by atoms with E-state index < -0.39 is 5.95 Å². The van der Waals surface area contributed by atoms with E-state index >= 15 is 0 Å². The van der Waals surface area contributed by atoms with Crippen LogP contribution in [0.4, 0.5) is 10.2 Å². The van der Waals surface area contributed by atoms with Gasteiger partial charge in [0, 0.05) is 38.9 Å². The molecule has 0 atom stereocenters. The zero-order valence-electron chi connectivity index (χ0n) is 18.1. The zero-order valence-corrected chi connectivity index (χ0v) is 18.1. The van der Waals surface area contributed by atoms with Gasteiger partial charge in [-0.05, 0) is 50.3 Å². The Kier molecular flexibility index (Phi) is 7.67. The zero-order chi connectivity index (χ0) is 20.6. The van der Waals surface area contributed by atoms with E-state index in [0.717, 1.165) is 69.5 Å². The average Bonchev–Trinajstić information content (AvgIpc) is 3.24. The summed E-state index contributed by atoms with van der Waals surface area (Å²) in [5.41, 5.74) is 1.13. The lowest BCUT2D eigenvalue weighted by Gasteiger charge is -2.35. The van der Waals surface area contributed by atoms with Crippen LogP contribution in [-0.2, 0) is 13.0 Å². The van der Waals surface area contributed by atoms with Gasteiger partial charge in [-0.1, -0.05) is 43.4 Å². The second-order valence-corrected chi connectivity index (χ2v) is 8.87. The van der Waals surface area contributed by atoms with E-state index in [0.29, 0.717) is 0 Å². The number of aryl methyl sites for hydroxylation is 2. The van der Waals surface area contributed by atoms with E-state index in [9.17, 15) is 4.39 Å². The standard InChI is InChI=1S/C23H35FN6/c24-22-10-6-11-23(25-22)29-17-15-28(16-18-29)13-5-4-9-21-19-30(27-26-21)14-12-20-7-2-1-3-8-20/h6,10-11,19-20H,1-5,7-9,12-18H2. The van der Waals surface area contributed by atoms with E-state index in [1.165, 1.54) is 51.0 Å². The van der Waals surface area contributed by atoms with Crippen molar-refractivity contribution in [3.8, 4) is 0 Å². The number of anilines is 1. The minimum absolute atomic E-state index is 0.402. The molecular weight excluding hydrogens is 379 g/mol. The molecule has 1 aliphatic carbocycles. The first kappa shape index (κ1) is 21.2. The van der Waals surface area contributed by atoms with Crippen molar-refractivity contribution in [3.63, 3.8) is 0 Å². The number of unbranched alkanes of at least 4 members (excludes halogenated alkanes) is 1.